The van der Waals surface area contributed by atoms with Crippen LogP contribution in [0.3, 0.4) is 0 Å². The van der Waals surface area contributed by atoms with E-state index in [0.29, 0.717) is 18.0 Å². The van der Waals surface area contributed by atoms with E-state index in [-0.39, 0.29) is 32.7 Å². The Morgan fingerprint density at radius 3 is 1.31 bits per heavy atom. The van der Waals surface area contributed by atoms with Crippen molar-refractivity contribution < 1.29 is 0 Å². The Bertz CT molecular complexity index is 873. The molecular weight excluding hydrogens is 603 g/mol. The van der Waals surface area contributed by atoms with Crippen molar-refractivity contribution in [2.24, 2.45) is 0 Å². The number of nitrogens with one attached hydrogen (secondary N) is 5. The first kappa shape index (κ1) is 40.4. The molecular formula is C35H68Cl2N8. The Hall–Kier alpha value is -0.770. The fraction of sp³-hybridized carbons (Fsp3) is 0.914. The van der Waals surface area contributed by atoms with Crippen molar-refractivity contribution in [3.63, 3.8) is 0 Å². The minimum absolute atomic E-state index is 0.121. The van der Waals surface area contributed by atoms with E-state index in [1.165, 1.54) is 96.6 Å². The van der Waals surface area contributed by atoms with Crippen LogP contribution in [-0.2, 0) is 0 Å². The van der Waals surface area contributed by atoms with E-state index in [1.54, 1.807) is 0 Å². The van der Waals surface area contributed by atoms with Gasteiger partial charge in [-0.3, -0.25) is 0 Å². The molecule has 8 nitrogen and oxygen atoms in total. The summed E-state index contributed by atoms with van der Waals surface area (Å²) in [5, 5.41) is 18.5. The van der Waals surface area contributed by atoms with Crippen LogP contribution in [0.25, 0.3) is 0 Å². The SMILES string of the molecule is CC1(C)CC(NCCCCCCNC2CC(C)(C)NC(C)(C)C2)CC(C)(C)N1.CCCCCCCCNc1nc(Cl)nc(Cl)n1. The van der Waals surface area contributed by atoms with Crippen molar-refractivity contribution in [2.45, 2.75) is 186 Å². The number of aromatic nitrogens is 3. The average Bonchev–Trinajstić information content (AvgIpc) is 2.86. The van der Waals surface area contributed by atoms with Crippen LogP contribution in [0.2, 0.25) is 10.6 Å². The lowest BCUT2D eigenvalue weighted by Gasteiger charge is -2.47. The molecule has 0 aliphatic carbocycles. The van der Waals surface area contributed by atoms with Crippen molar-refractivity contribution in [1.29, 1.82) is 0 Å². The highest BCUT2D eigenvalue weighted by atomic mass is 35.5. The summed E-state index contributed by atoms with van der Waals surface area (Å²) < 4.78 is 0. The molecule has 0 amide bonds. The first-order valence-corrected chi connectivity index (χ1v) is 18.6. The summed E-state index contributed by atoms with van der Waals surface area (Å²) in [5.41, 5.74) is 0.956. The molecule has 0 bridgehead atoms. The van der Waals surface area contributed by atoms with Gasteiger partial charge in [0, 0.05) is 40.8 Å². The van der Waals surface area contributed by atoms with Gasteiger partial charge in [0.1, 0.15) is 0 Å². The van der Waals surface area contributed by atoms with E-state index in [4.69, 9.17) is 23.2 Å². The van der Waals surface area contributed by atoms with Crippen molar-refractivity contribution >= 4 is 29.2 Å². The van der Waals surface area contributed by atoms with Crippen LogP contribution in [0, 0.1) is 0 Å². The third kappa shape index (κ3) is 18.4. The summed E-state index contributed by atoms with van der Waals surface area (Å²) in [6.45, 7) is 24.1. The summed E-state index contributed by atoms with van der Waals surface area (Å²) >= 11 is 11.3. The van der Waals surface area contributed by atoms with E-state index in [9.17, 15) is 0 Å². The molecule has 5 N–H and O–H groups in total. The summed E-state index contributed by atoms with van der Waals surface area (Å²) in [5.74, 6) is 0.448. The summed E-state index contributed by atoms with van der Waals surface area (Å²) in [6.07, 6.45) is 17.7. The number of halogens is 2. The van der Waals surface area contributed by atoms with Gasteiger partial charge in [-0.1, -0.05) is 51.9 Å². The first-order valence-electron chi connectivity index (χ1n) is 17.9. The summed E-state index contributed by atoms with van der Waals surface area (Å²) in [4.78, 5) is 11.5. The van der Waals surface area contributed by atoms with Crippen molar-refractivity contribution in [2.75, 3.05) is 25.0 Å². The molecule has 3 rings (SSSR count). The molecule has 0 atom stereocenters. The zero-order valence-electron chi connectivity index (χ0n) is 30.3. The second-order valence-electron chi connectivity index (χ2n) is 16.2. The summed E-state index contributed by atoms with van der Waals surface area (Å²) in [6, 6.07) is 1.30. The molecule has 0 radical (unpaired) electrons. The molecule has 0 unspecified atom stereocenters. The number of rotatable bonds is 17. The van der Waals surface area contributed by atoms with Crippen LogP contribution in [0.1, 0.15) is 152 Å². The van der Waals surface area contributed by atoms with Crippen LogP contribution >= 0.6 is 23.2 Å². The standard InChI is InChI=1S/C24H50N4.C11H18Cl2N4/c1-21(2)15-19(16-22(3,4)27-21)25-13-11-9-10-12-14-26-20-17-23(5,6)28-24(7,8)18-20;1-2-3-4-5-6-7-8-14-11-16-9(12)15-10(13)17-11/h19-20,25-28H,9-18H2,1-8H3;2-8H2,1H3,(H,14,15,16,17). The number of unbranched alkanes of at least 4 members (excludes halogenated alkanes) is 8. The third-order valence-electron chi connectivity index (χ3n) is 8.74. The lowest BCUT2D eigenvalue weighted by atomic mass is 9.79. The predicted octanol–water partition coefficient (Wildman–Crippen LogP) is 8.30. The lowest BCUT2D eigenvalue weighted by Crippen LogP contribution is -2.61. The van der Waals surface area contributed by atoms with Gasteiger partial charge in [0.2, 0.25) is 16.5 Å². The van der Waals surface area contributed by atoms with Crippen LogP contribution in [0.5, 0.6) is 0 Å². The van der Waals surface area contributed by atoms with Gasteiger partial charge in [-0.15, -0.1) is 0 Å². The van der Waals surface area contributed by atoms with Crippen LogP contribution in [-0.4, -0.2) is 68.8 Å². The number of nitrogens with zero attached hydrogens (tertiary/aromatic N) is 3. The highest BCUT2D eigenvalue weighted by Crippen LogP contribution is 2.29. The number of hydrogen-bond acceptors (Lipinski definition) is 8. The number of piperidine rings is 2. The molecule has 1 aromatic rings. The Morgan fingerprint density at radius 2 is 0.911 bits per heavy atom. The van der Waals surface area contributed by atoms with Crippen LogP contribution < -0.4 is 26.6 Å². The maximum atomic E-state index is 5.66. The highest BCUT2D eigenvalue weighted by Gasteiger charge is 2.38. The topological polar surface area (TPSA) is 98.8 Å². The first-order chi connectivity index (χ1) is 21.0. The monoisotopic (exact) mass is 670 g/mol. The maximum absolute atomic E-state index is 5.66. The fourth-order valence-electron chi connectivity index (χ4n) is 7.66. The lowest BCUT2D eigenvalue weighted by molar-refractivity contribution is 0.145. The van der Waals surface area contributed by atoms with Gasteiger partial charge < -0.3 is 26.6 Å². The van der Waals surface area contributed by atoms with Crippen molar-refractivity contribution in [3.8, 4) is 0 Å². The van der Waals surface area contributed by atoms with Gasteiger partial charge in [-0.2, -0.15) is 15.0 Å². The van der Waals surface area contributed by atoms with Crippen LogP contribution in [0.15, 0.2) is 0 Å². The Morgan fingerprint density at radius 1 is 0.556 bits per heavy atom. The maximum Gasteiger partial charge on any atom is 0.228 e. The minimum atomic E-state index is 0.121. The van der Waals surface area contributed by atoms with Crippen molar-refractivity contribution in [1.82, 2.24) is 36.2 Å². The molecule has 0 aromatic carbocycles. The van der Waals surface area contributed by atoms with E-state index in [0.717, 1.165) is 13.0 Å². The van der Waals surface area contributed by atoms with Gasteiger partial charge in [-0.05, 0) is 137 Å². The van der Waals surface area contributed by atoms with Gasteiger partial charge in [0.15, 0.2) is 0 Å². The van der Waals surface area contributed by atoms with Crippen LogP contribution in [0.4, 0.5) is 5.95 Å². The average molecular weight is 672 g/mol. The molecule has 2 fully saturated rings. The fourth-order valence-corrected chi connectivity index (χ4v) is 8.02. The molecule has 2 aliphatic rings. The largest absolute Gasteiger partial charge is 0.354 e. The molecule has 0 spiro atoms. The molecule has 3 heterocycles. The quantitative estimate of drug-likeness (QED) is 0.106. The van der Waals surface area contributed by atoms with Gasteiger partial charge >= 0.3 is 0 Å². The van der Waals surface area contributed by atoms with E-state index in [1.807, 2.05) is 0 Å². The van der Waals surface area contributed by atoms with Gasteiger partial charge in [-0.25, -0.2) is 0 Å². The molecule has 45 heavy (non-hydrogen) atoms. The molecule has 0 saturated carbocycles. The molecule has 2 saturated heterocycles. The Balaban J connectivity index is 0.000000355. The normalized spacial score (nSPS) is 20.8. The second kappa shape index (κ2) is 19.3. The van der Waals surface area contributed by atoms with Gasteiger partial charge in [0.05, 0.1) is 0 Å². The molecule has 1 aromatic heterocycles. The number of hydrogen-bond donors (Lipinski definition) is 5. The Kier molecular flexibility index (Phi) is 17.3. The van der Waals surface area contributed by atoms with E-state index in [2.05, 4.69) is 104 Å². The predicted molar refractivity (Wildman–Crippen MR) is 195 cm³/mol. The minimum Gasteiger partial charge on any atom is -0.354 e. The smallest absolute Gasteiger partial charge is 0.228 e. The summed E-state index contributed by atoms with van der Waals surface area (Å²) in [7, 11) is 0. The zero-order chi connectivity index (χ0) is 33.6. The molecule has 2 aliphatic heterocycles. The van der Waals surface area contributed by atoms with Gasteiger partial charge in [0.25, 0.3) is 0 Å². The van der Waals surface area contributed by atoms with E-state index < -0.39 is 0 Å². The Labute approximate surface area is 286 Å². The van der Waals surface area contributed by atoms with Crippen molar-refractivity contribution in [3.05, 3.63) is 10.6 Å². The highest BCUT2D eigenvalue weighted by molar-refractivity contribution is 6.31. The second-order valence-corrected chi connectivity index (χ2v) is 16.9. The van der Waals surface area contributed by atoms with E-state index >= 15 is 0 Å². The molecule has 10 heteroatoms. The third-order valence-corrected chi connectivity index (χ3v) is 9.08. The zero-order valence-corrected chi connectivity index (χ0v) is 31.8. The number of anilines is 1. The molecule has 262 valence electrons.